The molecule has 0 aromatic carbocycles. The van der Waals surface area contributed by atoms with Crippen molar-refractivity contribution in [2.24, 2.45) is 0 Å². The maximum atomic E-state index is 11.7. The topological polar surface area (TPSA) is 26.3 Å². The molecule has 0 saturated heterocycles. The number of halogens is 5. The van der Waals surface area contributed by atoms with Crippen molar-refractivity contribution >= 4 is 5.97 Å². The van der Waals surface area contributed by atoms with E-state index in [1.165, 1.54) is 0 Å². The Balaban J connectivity index is 4.67. The van der Waals surface area contributed by atoms with Crippen LogP contribution >= 0.6 is 0 Å². The number of carbonyl (C=O) groups excluding carboxylic acids is 1. The first kappa shape index (κ1) is 12.6. The van der Waals surface area contributed by atoms with Crippen molar-refractivity contribution in [3.05, 3.63) is 24.5 Å². The fourth-order valence-electron chi connectivity index (χ4n) is 0.477. The molecule has 0 unspecified atom stereocenters. The molecule has 0 radical (unpaired) electrons. The first-order valence-corrected chi connectivity index (χ1v) is 3.23. The monoisotopic (exact) mass is 216 g/mol. The van der Waals surface area contributed by atoms with Crippen molar-refractivity contribution < 1.29 is 31.5 Å². The lowest BCUT2D eigenvalue weighted by molar-refractivity contribution is -0.162. The second-order valence-corrected chi connectivity index (χ2v) is 2.05. The summed E-state index contributed by atoms with van der Waals surface area (Å²) in [6.07, 6.45) is -8.11. The molecule has 14 heavy (non-hydrogen) atoms. The quantitative estimate of drug-likeness (QED) is 0.314. The van der Waals surface area contributed by atoms with E-state index in [1.807, 2.05) is 0 Å². The zero-order valence-electron chi connectivity index (χ0n) is 6.70. The van der Waals surface area contributed by atoms with Crippen molar-refractivity contribution in [1.29, 1.82) is 0 Å². The molecule has 0 atom stereocenters. The molecule has 0 aliphatic rings. The Labute approximate surface area is 75.7 Å². The molecule has 0 bridgehead atoms. The summed E-state index contributed by atoms with van der Waals surface area (Å²) in [6, 6.07) is 0. The summed E-state index contributed by atoms with van der Waals surface area (Å²) in [7, 11) is 0. The standard InChI is InChI=1S/C7H5F5O2/c1-2-3-4(13)14-5(6(8)9)7(10,11)12/h2H,1,3H2. The molecule has 0 aliphatic carbocycles. The molecule has 0 aromatic rings. The predicted octanol–water partition coefficient (Wildman–Crippen LogP) is 2.78. The van der Waals surface area contributed by atoms with Crippen LogP contribution in [0.3, 0.4) is 0 Å². The molecule has 0 aromatic heterocycles. The summed E-state index contributed by atoms with van der Waals surface area (Å²) in [6.45, 7) is 3.03. The minimum atomic E-state index is -5.38. The lowest BCUT2D eigenvalue weighted by atomic mass is 10.4. The lowest BCUT2D eigenvalue weighted by Crippen LogP contribution is -2.18. The smallest absolute Gasteiger partial charge is 0.415 e. The van der Waals surface area contributed by atoms with E-state index in [4.69, 9.17) is 0 Å². The molecular weight excluding hydrogens is 211 g/mol. The van der Waals surface area contributed by atoms with Gasteiger partial charge in [0, 0.05) is 0 Å². The number of hydrogen-bond donors (Lipinski definition) is 0. The molecule has 0 aliphatic heterocycles. The molecule has 0 N–H and O–H groups in total. The third-order valence-corrected chi connectivity index (χ3v) is 0.956. The largest absolute Gasteiger partial charge is 0.455 e. The van der Waals surface area contributed by atoms with Crippen molar-refractivity contribution in [2.75, 3.05) is 0 Å². The first-order chi connectivity index (χ1) is 6.29. The highest BCUT2D eigenvalue weighted by Gasteiger charge is 2.41. The summed E-state index contributed by atoms with van der Waals surface area (Å²) in [4.78, 5) is 10.4. The van der Waals surface area contributed by atoms with Crippen LogP contribution in [0.1, 0.15) is 6.42 Å². The van der Waals surface area contributed by atoms with Gasteiger partial charge in [0.25, 0.3) is 5.76 Å². The van der Waals surface area contributed by atoms with Crippen LogP contribution < -0.4 is 0 Å². The number of alkyl halides is 3. The molecule has 0 rings (SSSR count). The Morgan fingerprint density at radius 2 is 1.86 bits per heavy atom. The zero-order valence-corrected chi connectivity index (χ0v) is 6.70. The average Bonchev–Trinajstić information content (AvgIpc) is 1.98. The van der Waals surface area contributed by atoms with E-state index in [0.29, 0.717) is 0 Å². The zero-order chi connectivity index (χ0) is 11.4. The van der Waals surface area contributed by atoms with E-state index in [2.05, 4.69) is 11.3 Å². The van der Waals surface area contributed by atoms with E-state index < -0.39 is 30.4 Å². The number of ether oxygens (including phenoxy) is 1. The summed E-state index contributed by atoms with van der Waals surface area (Å²) in [5, 5.41) is 0. The molecule has 7 heteroatoms. The summed E-state index contributed by atoms with van der Waals surface area (Å²) < 4.78 is 61.9. The number of hydrogen-bond acceptors (Lipinski definition) is 2. The van der Waals surface area contributed by atoms with E-state index in [1.54, 1.807) is 0 Å². The second kappa shape index (κ2) is 4.73. The van der Waals surface area contributed by atoms with Crippen LogP contribution in [0.25, 0.3) is 0 Å². The molecular formula is C7H5F5O2. The van der Waals surface area contributed by atoms with Crippen LogP contribution in [0.2, 0.25) is 0 Å². The third kappa shape index (κ3) is 4.01. The normalized spacial score (nSPS) is 10.6. The number of esters is 1. The summed E-state index contributed by atoms with van der Waals surface area (Å²) in [5.41, 5.74) is 0. The highest BCUT2D eigenvalue weighted by Crippen LogP contribution is 2.30. The molecule has 0 spiro atoms. The molecule has 0 heterocycles. The SMILES string of the molecule is C=CCC(=O)OC(=C(F)F)C(F)(F)F. The van der Waals surface area contributed by atoms with E-state index in [9.17, 15) is 26.7 Å². The van der Waals surface area contributed by atoms with Crippen molar-refractivity contribution in [2.45, 2.75) is 12.6 Å². The van der Waals surface area contributed by atoms with E-state index in [-0.39, 0.29) is 0 Å². The van der Waals surface area contributed by atoms with Crippen LogP contribution in [0.4, 0.5) is 22.0 Å². The number of allylic oxidation sites excluding steroid dienone is 1. The number of carbonyl (C=O) groups is 1. The Morgan fingerprint density at radius 3 is 2.14 bits per heavy atom. The summed E-state index contributed by atoms with van der Waals surface area (Å²) >= 11 is 0. The van der Waals surface area contributed by atoms with Gasteiger partial charge >= 0.3 is 18.2 Å². The van der Waals surface area contributed by atoms with Crippen LogP contribution in [0.15, 0.2) is 24.5 Å². The van der Waals surface area contributed by atoms with Crippen LogP contribution in [0, 0.1) is 0 Å². The Morgan fingerprint density at radius 1 is 1.36 bits per heavy atom. The van der Waals surface area contributed by atoms with Gasteiger partial charge in [-0.1, -0.05) is 6.08 Å². The van der Waals surface area contributed by atoms with Crippen LogP contribution in [-0.4, -0.2) is 12.1 Å². The molecule has 2 nitrogen and oxygen atoms in total. The Hall–Kier alpha value is -1.40. The highest BCUT2D eigenvalue weighted by molar-refractivity contribution is 5.72. The van der Waals surface area contributed by atoms with E-state index in [0.717, 1.165) is 6.08 Å². The minimum absolute atomic E-state index is 0.577. The van der Waals surface area contributed by atoms with Gasteiger partial charge in [-0.3, -0.25) is 4.79 Å². The average molecular weight is 216 g/mol. The van der Waals surface area contributed by atoms with Gasteiger partial charge in [-0.25, -0.2) is 0 Å². The van der Waals surface area contributed by atoms with Gasteiger partial charge in [-0.05, 0) is 0 Å². The van der Waals surface area contributed by atoms with Gasteiger partial charge < -0.3 is 4.74 Å². The van der Waals surface area contributed by atoms with Gasteiger partial charge in [0.05, 0.1) is 6.42 Å². The third-order valence-electron chi connectivity index (χ3n) is 0.956. The van der Waals surface area contributed by atoms with Gasteiger partial charge in [-0.2, -0.15) is 22.0 Å². The molecule has 80 valence electrons. The van der Waals surface area contributed by atoms with Crippen LogP contribution in [-0.2, 0) is 9.53 Å². The number of rotatable bonds is 3. The Bertz CT molecular complexity index is 262. The second-order valence-electron chi connectivity index (χ2n) is 2.05. The lowest BCUT2D eigenvalue weighted by Gasteiger charge is -2.09. The van der Waals surface area contributed by atoms with Gasteiger partial charge in [0.1, 0.15) is 0 Å². The van der Waals surface area contributed by atoms with Gasteiger partial charge in [0.2, 0.25) is 0 Å². The fraction of sp³-hybridized carbons (Fsp3) is 0.286. The van der Waals surface area contributed by atoms with Crippen molar-refractivity contribution in [1.82, 2.24) is 0 Å². The van der Waals surface area contributed by atoms with Crippen molar-refractivity contribution in [3.8, 4) is 0 Å². The molecule has 0 amide bonds. The Kier molecular flexibility index (Phi) is 4.26. The maximum Gasteiger partial charge on any atom is 0.455 e. The molecule has 0 saturated carbocycles. The first-order valence-electron chi connectivity index (χ1n) is 3.23. The van der Waals surface area contributed by atoms with Crippen LogP contribution in [0.5, 0.6) is 0 Å². The van der Waals surface area contributed by atoms with E-state index >= 15 is 0 Å². The van der Waals surface area contributed by atoms with Gasteiger partial charge in [-0.15, -0.1) is 6.58 Å². The molecule has 0 fully saturated rings. The fourth-order valence-corrected chi connectivity index (χ4v) is 0.477. The minimum Gasteiger partial charge on any atom is -0.415 e. The predicted molar refractivity (Wildman–Crippen MR) is 36.2 cm³/mol. The van der Waals surface area contributed by atoms with Gasteiger partial charge in [0.15, 0.2) is 0 Å². The maximum absolute atomic E-state index is 11.7. The highest BCUT2D eigenvalue weighted by atomic mass is 19.4. The summed E-state index contributed by atoms with van der Waals surface area (Å²) in [5.74, 6) is -4.02. The van der Waals surface area contributed by atoms with Crippen molar-refractivity contribution in [3.63, 3.8) is 0 Å².